The third-order valence-corrected chi connectivity index (χ3v) is 3.46. The van der Waals surface area contributed by atoms with E-state index in [2.05, 4.69) is 19.9 Å². The molecule has 3 nitrogen and oxygen atoms in total. The molecule has 0 radical (unpaired) electrons. The van der Waals surface area contributed by atoms with E-state index in [1.165, 1.54) is 5.56 Å². The maximum atomic E-state index is 12.4. The van der Waals surface area contributed by atoms with Crippen molar-refractivity contribution in [3.8, 4) is 0 Å². The second-order valence-electron chi connectivity index (χ2n) is 5.17. The number of benzene rings is 1. The van der Waals surface area contributed by atoms with Crippen LogP contribution in [0.15, 0.2) is 12.1 Å². The van der Waals surface area contributed by atoms with E-state index < -0.39 is 0 Å². The van der Waals surface area contributed by atoms with Crippen LogP contribution in [0.5, 0.6) is 0 Å². The Hall–Kier alpha value is -1.19. The molecule has 0 heterocycles. The maximum Gasteiger partial charge on any atom is 0.177 e. The minimum Gasteiger partial charge on any atom is -0.395 e. The quantitative estimate of drug-likeness (QED) is 0.768. The Balaban J connectivity index is 2.84. The molecule has 0 aliphatic carbocycles. The van der Waals surface area contributed by atoms with Gasteiger partial charge in [0.1, 0.15) is 0 Å². The van der Waals surface area contributed by atoms with Gasteiger partial charge in [0, 0.05) is 12.1 Å². The predicted molar refractivity (Wildman–Crippen MR) is 78.8 cm³/mol. The van der Waals surface area contributed by atoms with E-state index in [1.54, 1.807) is 0 Å². The van der Waals surface area contributed by atoms with Crippen LogP contribution < -0.4 is 0 Å². The van der Waals surface area contributed by atoms with E-state index in [1.807, 2.05) is 24.8 Å². The monoisotopic (exact) mass is 263 g/mol. The fourth-order valence-corrected chi connectivity index (χ4v) is 2.28. The summed E-state index contributed by atoms with van der Waals surface area (Å²) in [5.74, 6) is 0.141. The summed E-state index contributed by atoms with van der Waals surface area (Å²) in [6.07, 6.45) is 0.985. The van der Waals surface area contributed by atoms with Crippen LogP contribution in [0.2, 0.25) is 0 Å². The van der Waals surface area contributed by atoms with E-state index in [0.717, 1.165) is 29.7 Å². The molecule has 0 saturated heterocycles. The van der Waals surface area contributed by atoms with Gasteiger partial charge >= 0.3 is 0 Å². The topological polar surface area (TPSA) is 40.5 Å². The molecule has 0 spiro atoms. The minimum atomic E-state index is 0.0964. The lowest BCUT2D eigenvalue weighted by Gasteiger charge is -2.20. The lowest BCUT2D eigenvalue weighted by atomic mass is 9.98. The molecule has 1 rings (SSSR count). The molecule has 0 aliphatic heterocycles. The van der Waals surface area contributed by atoms with Crippen LogP contribution in [-0.2, 0) is 0 Å². The Labute approximate surface area is 116 Å². The number of aliphatic hydroxyl groups excluding tert-OH is 1. The van der Waals surface area contributed by atoms with Gasteiger partial charge in [0.15, 0.2) is 5.78 Å². The zero-order chi connectivity index (χ0) is 14.4. The molecule has 3 heteroatoms. The van der Waals surface area contributed by atoms with E-state index in [0.29, 0.717) is 13.1 Å². The predicted octanol–water partition coefficient (Wildman–Crippen LogP) is 2.50. The largest absolute Gasteiger partial charge is 0.395 e. The van der Waals surface area contributed by atoms with Crippen molar-refractivity contribution < 1.29 is 9.90 Å². The Morgan fingerprint density at radius 3 is 2.32 bits per heavy atom. The molecule has 0 amide bonds. The summed E-state index contributed by atoms with van der Waals surface area (Å²) in [7, 11) is 0. The first-order valence-corrected chi connectivity index (χ1v) is 6.93. The molecule has 0 aromatic heterocycles. The molecule has 0 atom stereocenters. The SMILES string of the molecule is CCCN(CCO)CC(=O)c1cc(C)c(C)cc1C. The van der Waals surface area contributed by atoms with Crippen molar-refractivity contribution in [1.82, 2.24) is 4.90 Å². The molecular formula is C16H25NO2. The highest BCUT2D eigenvalue weighted by molar-refractivity contribution is 5.99. The van der Waals surface area contributed by atoms with Gasteiger partial charge in [-0.2, -0.15) is 0 Å². The number of aliphatic hydroxyl groups is 1. The Bertz CT molecular complexity index is 435. The number of hydrogen-bond acceptors (Lipinski definition) is 3. The molecule has 1 aromatic rings. The third kappa shape index (κ3) is 4.44. The van der Waals surface area contributed by atoms with Gasteiger partial charge in [-0.1, -0.05) is 13.0 Å². The van der Waals surface area contributed by atoms with Crippen molar-refractivity contribution in [3.05, 3.63) is 34.4 Å². The molecule has 0 bridgehead atoms. The molecule has 0 aliphatic rings. The van der Waals surface area contributed by atoms with Gasteiger partial charge < -0.3 is 5.11 Å². The second-order valence-corrected chi connectivity index (χ2v) is 5.17. The first-order valence-electron chi connectivity index (χ1n) is 6.93. The van der Waals surface area contributed by atoms with Gasteiger partial charge in [0.05, 0.1) is 13.2 Å². The van der Waals surface area contributed by atoms with E-state index in [-0.39, 0.29) is 12.4 Å². The average molecular weight is 263 g/mol. The van der Waals surface area contributed by atoms with E-state index >= 15 is 0 Å². The van der Waals surface area contributed by atoms with E-state index in [9.17, 15) is 4.79 Å². The lowest BCUT2D eigenvalue weighted by molar-refractivity contribution is 0.0914. The first kappa shape index (κ1) is 15.9. The Morgan fingerprint density at radius 1 is 1.11 bits per heavy atom. The molecule has 0 fully saturated rings. The molecule has 0 saturated carbocycles. The van der Waals surface area contributed by atoms with Crippen LogP contribution in [0.3, 0.4) is 0 Å². The zero-order valence-corrected chi connectivity index (χ0v) is 12.5. The van der Waals surface area contributed by atoms with E-state index in [4.69, 9.17) is 5.11 Å². The van der Waals surface area contributed by atoms with Gasteiger partial charge in [0.25, 0.3) is 0 Å². The number of ketones is 1. The summed E-state index contributed by atoms with van der Waals surface area (Å²) in [5, 5.41) is 9.03. The molecule has 1 N–H and O–H groups in total. The number of Topliss-reactive ketones (excluding diaryl/α,β-unsaturated/α-hetero) is 1. The Morgan fingerprint density at radius 2 is 1.74 bits per heavy atom. The number of nitrogens with zero attached hydrogens (tertiary/aromatic N) is 1. The number of rotatable bonds is 7. The minimum absolute atomic E-state index is 0.0964. The van der Waals surface area contributed by atoms with Crippen LogP contribution in [0.1, 0.15) is 40.4 Å². The lowest BCUT2D eigenvalue weighted by Crippen LogP contribution is -2.33. The van der Waals surface area contributed by atoms with Crippen LogP contribution >= 0.6 is 0 Å². The van der Waals surface area contributed by atoms with Crippen molar-refractivity contribution in [3.63, 3.8) is 0 Å². The van der Waals surface area contributed by atoms with Gasteiger partial charge in [-0.25, -0.2) is 0 Å². The highest BCUT2D eigenvalue weighted by atomic mass is 16.3. The first-order chi connectivity index (χ1) is 8.99. The molecular weight excluding hydrogens is 238 g/mol. The van der Waals surface area contributed by atoms with Crippen molar-refractivity contribution in [2.24, 2.45) is 0 Å². The molecule has 1 aromatic carbocycles. The van der Waals surface area contributed by atoms with Gasteiger partial charge in [-0.3, -0.25) is 9.69 Å². The fraction of sp³-hybridized carbons (Fsp3) is 0.562. The van der Waals surface area contributed by atoms with Crippen LogP contribution in [-0.4, -0.2) is 42.0 Å². The van der Waals surface area contributed by atoms with Crippen molar-refractivity contribution in [1.29, 1.82) is 0 Å². The summed E-state index contributed by atoms with van der Waals surface area (Å²) in [4.78, 5) is 14.4. The standard InChI is InChI=1S/C16H25NO2/c1-5-6-17(7-8-18)11-16(19)15-10-13(3)12(2)9-14(15)4/h9-10,18H,5-8,11H2,1-4H3. The number of aryl methyl sites for hydroxylation is 3. The van der Waals surface area contributed by atoms with Crippen LogP contribution in [0, 0.1) is 20.8 Å². The van der Waals surface area contributed by atoms with Crippen molar-refractivity contribution >= 4 is 5.78 Å². The molecule has 106 valence electrons. The maximum absolute atomic E-state index is 12.4. The van der Waals surface area contributed by atoms with Crippen LogP contribution in [0.4, 0.5) is 0 Å². The summed E-state index contributed by atoms with van der Waals surface area (Å²) in [6, 6.07) is 4.05. The number of hydrogen-bond donors (Lipinski definition) is 1. The van der Waals surface area contributed by atoms with Crippen molar-refractivity contribution in [2.75, 3.05) is 26.2 Å². The van der Waals surface area contributed by atoms with Gasteiger partial charge in [-0.05, 0) is 56.5 Å². The summed E-state index contributed by atoms with van der Waals surface area (Å²) in [6.45, 7) is 10.0. The number of carbonyl (C=O) groups excluding carboxylic acids is 1. The average Bonchev–Trinajstić information content (AvgIpc) is 2.34. The summed E-state index contributed by atoms with van der Waals surface area (Å²) < 4.78 is 0. The van der Waals surface area contributed by atoms with Gasteiger partial charge in [-0.15, -0.1) is 0 Å². The zero-order valence-electron chi connectivity index (χ0n) is 12.5. The fourth-order valence-electron chi connectivity index (χ4n) is 2.28. The van der Waals surface area contributed by atoms with Crippen LogP contribution in [0.25, 0.3) is 0 Å². The Kier molecular flexibility index (Phi) is 6.19. The number of carbonyl (C=O) groups is 1. The van der Waals surface area contributed by atoms with Gasteiger partial charge in [0.2, 0.25) is 0 Å². The summed E-state index contributed by atoms with van der Waals surface area (Å²) in [5.41, 5.74) is 4.21. The normalized spacial score (nSPS) is 11.1. The third-order valence-electron chi connectivity index (χ3n) is 3.46. The molecule has 19 heavy (non-hydrogen) atoms. The molecule has 0 unspecified atom stereocenters. The summed E-state index contributed by atoms with van der Waals surface area (Å²) >= 11 is 0. The smallest absolute Gasteiger partial charge is 0.177 e. The van der Waals surface area contributed by atoms with Crippen molar-refractivity contribution in [2.45, 2.75) is 34.1 Å². The second kappa shape index (κ2) is 7.41. The highest BCUT2D eigenvalue weighted by Gasteiger charge is 2.14. The highest BCUT2D eigenvalue weighted by Crippen LogP contribution is 2.16.